The second-order valence-electron chi connectivity index (χ2n) is 5.84. The van der Waals surface area contributed by atoms with E-state index < -0.39 is 21.6 Å². The second-order valence-corrected chi connectivity index (χ2v) is 8.56. The fourth-order valence-electron chi connectivity index (χ4n) is 2.92. The van der Waals surface area contributed by atoms with Crippen molar-refractivity contribution in [3.8, 4) is 0 Å². The summed E-state index contributed by atoms with van der Waals surface area (Å²) in [7, 11) is -0.573. The number of rotatable bonds is 3. The molecule has 2 heterocycles. The summed E-state index contributed by atoms with van der Waals surface area (Å²) in [5.41, 5.74) is 6.39. The lowest BCUT2D eigenvalue weighted by Gasteiger charge is -2.31. The average Bonchev–Trinajstić information content (AvgIpc) is 2.97. The van der Waals surface area contributed by atoms with Crippen molar-refractivity contribution >= 4 is 27.2 Å². The molecule has 24 heavy (non-hydrogen) atoms. The van der Waals surface area contributed by atoms with Gasteiger partial charge in [-0.15, -0.1) is 0 Å². The van der Waals surface area contributed by atoms with Gasteiger partial charge in [-0.2, -0.15) is 0 Å². The highest BCUT2D eigenvalue weighted by molar-refractivity contribution is 7.93. The van der Waals surface area contributed by atoms with Crippen LogP contribution < -0.4 is 15.5 Å². The highest BCUT2D eigenvalue weighted by atomic mass is 32.2. The Bertz CT molecular complexity index is 749. The van der Waals surface area contributed by atoms with Crippen LogP contribution in [0.4, 0.5) is 20.6 Å². The zero-order chi connectivity index (χ0) is 17.3. The molecule has 1 aromatic rings. The standard InChI is InChI=1S/C15H21FN4O3S/c1-18-24(22)6-4-19(5-7-24)14-3-2-11(8-13(14)16)20-10-12(9-17)23-15(20)21/h2-3,8,12H,4-7,9-10,17H2,1H3. The minimum Gasteiger partial charge on any atom is -0.443 e. The lowest BCUT2D eigenvalue weighted by molar-refractivity contribution is 0.145. The van der Waals surface area contributed by atoms with Crippen molar-refractivity contribution in [2.24, 2.45) is 10.1 Å². The number of amides is 1. The Kier molecular flexibility index (Phi) is 4.64. The van der Waals surface area contributed by atoms with Crippen LogP contribution in [0.25, 0.3) is 0 Å². The van der Waals surface area contributed by atoms with Gasteiger partial charge in [0.05, 0.1) is 17.9 Å². The van der Waals surface area contributed by atoms with E-state index in [1.165, 1.54) is 11.0 Å². The molecule has 1 unspecified atom stereocenters. The average molecular weight is 356 g/mol. The van der Waals surface area contributed by atoms with E-state index in [0.29, 0.717) is 42.5 Å². The molecule has 2 saturated heterocycles. The highest BCUT2D eigenvalue weighted by Gasteiger charge is 2.32. The third-order valence-corrected chi connectivity index (χ3v) is 6.72. The Labute approximate surface area is 140 Å². The summed E-state index contributed by atoms with van der Waals surface area (Å²) in [5, 5.41) is 0. The number of hydrogen-bond donors (Lipinski definition) is 1. The topological polar surface area (TPSA) is 88.2 Å². The first-order valence-electron chi connectivity index (χ1n) is 7.79. The maximum absolute atomic E-state index is 14.5. The van der Waals surface area contributed by atoms with Gasteiger partial charge in [0.2, 0.25) is 0 Å². The molecule has 1 atom stereocenters. The largest absolute Gasteiger partial charge is 0.443 e. The monoisotopic (exact) mass is 356 g/mol. The van der Waals surface area contributed by atoms with Gasteiger partial charge in [0.1, 0.15) is 11.9 Å². The molecule has 2 fully saturated rings. The Morgan fingerprint density at radius 3 is 2.67 bits per heavy atom. The van der Waals surface area contributed by atoms with Crippen molar-refractivity contribution in [1.82, 2.24) is 0 Å². The van der Waals surface area contributed by atoms with E-state index in [9.17, 15) is 13.4 Å². The van der Waals surface area contributed by atoms with E-state index in [-0.39, 0.29) is 12.6 Å². The number of benzene rings is 1. The molecular weight excluding hydrogens is 335 g/mol. The summed E-state index contributed by atoms with van der Waals surface area (Å²) in [6.45, 7) is 1.54. The first-order valence-corrected chi connectivity index (χ1v) is 9.64. The smallest absolute Gasteiger partial charge is 0.414 e. The second kappa shape index (κ2) is 6.56. The van der Waals surface area contributed by atoms with Crippen LogP contribution in [-0.4, -0.2) is 61.1 Å². The molecule has 0 aromatic heterocycles. The molecule has 2 N–H and O–H groups in total. The van der Waals surface area contributed by atoms with Crippen LogP contribution in [-0.2, 0) is 14.5 Å². The maximum atomic E-state index is 14.5. The molecule has 1 amide bonds. The normalized spacial score (nSPS) is 23.3. The summed E-state index contributed by atoms with van der Waals surface area (Å²) < 4.78 is 35.8. The van der Waals surface area contributed by atoms with Crippen LogP contribution in [0.15, 0.2) is 22.6 Å². The SMILES string of the molecule is CN=S1(=O)CCN(c2ccc(N3CC(CN)OC3=O)cc2F)CC1. The lowest BCUT2D eigenvalue weighted by atomic mass is 10.2. The van der Waals surface area contributed by atoms with E-state index in [0.717, 1.165) is 0 Å². The van der Waals surface area contributed by atoms with Crippen molar-refractivity contribution in [3.63, 3.8) is 0 Å². The number of cyclic esters (lactones) is 1. The molecule has 0 aliphatic carbocycles. The summed E-state index contributed by atoms with van der Waals surface area (Å²) >= 11 is 0. The third kappa shape index (κ3) is 3.18. The van der Waals surface area contributed by atoms with Crippen LogP contribution in [0.3, 0.4) is 0 Å². The van der Waals surface area contributed by atoms with Crippen molar-refractivity contribution < 1.29 is 18.1 Å². The number of nitrogens with zero attached hydrogens (tertiary/aromatic N) is 3. The third-order valence-electron chi connectivity index (χ3n) is 4.41. The maximum Gasteiger partial charge on any atom is 0.414 e. The molecule has 2 aliphatic heterocycles. The Hall–Kier alpha value is -1.87. The molecular formula is C15H21FN4O3S. The molecule has 132 valence electrons. The van der Waals surface area contributed by atoms with Gasteiger partial charge in [-0.25, -0.2) is 17.8 Å². The first-order chi connectivity index (χ1) is 11.5. The molecule has 0 radical (unpaired) electrons. The van der Waals surface area contributed by atoms with Gasteiger partial charge >= 0.3 is 6.09 Å². The van der Waals surface area contributed by atoms with Crippen LogP contribution >= 0.6 is 0 Å². The fraction of sp³-hybridized carbons (Fsp3) is 0.533. The van der Waals surface area contributed by atoms with E-state index in [4.69, 9.17) is 10.5 Å². The molecule has 3 rings (SSSR count). The fourth-order valence-corrected chi connectivity index (χ4v) is 4.50. The van der Waals surface area contributed by atoms with Gasteiger partial charge in [0, 0.05) is 47.9 Å². The van der Waals surface area contributed by atoms with Crippen LogP contribution in [0.5, 0.6) is 0 Å². The first kappa shape index (κ1) is 17.0. The summed E-state index contributed by atoms with van der Waals surface area (Å²) in [4.78, 5) is 15.1. The Morgan fingerprint density at radius 1 is 1.42 bits per heavy atom. The van der Waals surface area contributed by atoms with Crippen LogP contribution in [0, 0.1) is 5.82 Å². The molecule has 1 aromatic carbocycles. The number of anilines is 2. The number of halogens is 1. The van der Waals surface area contributed by atoms with Crippen molar-refractivity contribution in [3.05, 3.63) is 24.0 Å². The number of carbonyl (C=O) groups is 1. The predicted molar refractivity (Wildman–Crippen MR) is 91.5 cm³/mol. The van der Waals surface area contributed by atoms with Gasteiger partial charge in [0.25, 0.3) is 0 Å². The quantitative estimate of drug-likeness (QED) is 0.874. The highest BCUT2D eigenvalue weighted by Crippen LogP contribution is 2.28. The number of hydrogen-bond acceptors (Lipinski definition) is 6. The van der Waals surface area contributed by atoms with E-state index in [2.05, 4.69) is 4.36 Å². The lowest BCUT2D eigenvalue weighted by Crippen LogP contribution is -2.40. The van der Waals surface area contributed by atoms with E-state index in [1.807, 2.05) is 4.90 Å². The Morgan fingerprint density at radius 2 is 2.12 bits per heavy atom. The van der Waals surface area contributed by atoms with Gasteiger partial charge < -0.3 is 15.4 Å². The summed E-state index contributed by atoms with van der Waals surface area (Å²) in [6, 6.07) is 4.66. The van der Waals surface area contributed by atoms with E-state index >= 15 is 0 Å². The molecule has 0 spiro atoms. The molecule has 0 saturated carbocycles. The summed E-state index contributed by atoms with van der Waals surface area (Å²) in [6.07, 6.45) is -0.881. The number of carbonyl (C=O) groups excluding carboxylic acids is 1. The van der Waals surface area contributed by atoms with E-state index in [1.54, 1.807) is 19.2 Å². The van der Waals surface area contributed by atoms with Crippen molar-refractivity contribution in [1.29, 1.82) is 0 Å². The van der Waals surface area contributed by atoms with Gasteiger partial charge in [-0.05, 0) is 18.2 Å². The van der Waals surface area contributed by atoms with Gasteiger partial charge in [0.15, 0.2) is 0 Å². The summed E-state index contributed by atoms with van der Waals surface area (Å²) in [5.74, 6) is 0.446. The number of ether oxygens (including phenoxy) is 1. The number of nitrogens with two attached hydrogens (primary N) is 1. The minimum atomic E-state index is -2.14. The van der Waals surface area contributed by atoms with Crippen LogP contribution in [0.2, 0.25) is 0 Å². The zero-order valence-corrected chi connectivity index (χ0v) is 14.3. The van der Waals surface area contributed by atoms with Crippen molar-refractivity contribution in [2.75, 3.05) is 54.5 Å². The van der Waals surface area contributed by atoms with Crippen LogP contribution in [0.1, 0.15) is 0 Å². The van der Waals surface area contributed by atoms with Crippen molar-refractivity contribution in [2.45, 2.75) is 6.10 Å². The minimum absolute atomic E-state index is 0.234. The van der Waals surface area contributed by atoms with Gasteiger partial charge in [-0.3, -0.25) is 4.90 Å². The Balaban J connectivity index is 1.77. The molecule has 0 bridgehead atoms. The zero-order valence-electron chi connectivity index (χ0n) is 13.5. The molecule has 7 nitrogen and oxygen atoms in total. The molecule has 2 aliphatic rings. The molecule has 9 heteroatoms. The predicted octanol–water partition coefficient (Wildman–Crippen LogP) is 1.03. The van der Waals surface area contributed by atoms with Gasteiger partial charge in [-0.1, -0.05) is 0 Å².